The van der Waals surface area contributed by atoms with Crippen LogP contribution < -0.4 is 9.47 Å². The van der Waals surface area contributed by atoms with Crippen molar-refractivity contribution >= 4 is 11.0 Å². The van der Waals surface area contributed by atoms with Gasteiger partial charge in [-0.15, -0.1) is 0 Å². The lowest BCUT2D eigenvalue weighted by Crippen LogP contribution is -2.25. The van der Waals surface area contributed by atoms with Crippen LogP contribution in [0.3, 0.4) is 0 Å². The van der Waals surface area contributed by atoms with Gasteiger partial charge in [0.25, 0.3) is 0 Å². The van der Waals surface area contributed by atoms with E-state index in [1.807, 2.05) is 91.2 Å². The van der Waals surface area contributed by atoms with E-state index in [1.54, 1.807) is 0 Å². The summed E-state index contributed by atoms with van der Waals surface area (Å²) in [5.41, 5.74) is 4.05. The Hall–Kier alpha value is -3.31. The average Bonchev–Trinajstić information content (AvgIpc) is 3.09. The molecule has 3 aromatic carbocycles. The monoisotopic (exact) mass is 402 g/mol. The molecule has 0 bridgehead atoms. The molecule has 0 spiro atoms. The van der Waals surface area contributed by atoms with Crippen molar-refractivity contribution in [2.24, 2.45) is 0 Å². The first kappa shape index (κ1) is 20.0. The topological polar surface area (TPSA) is 56.5 Å². The average molecular weight is 402 g/mol. The number of para-hydroxylation sites is 3. The molecule has 0 radical (unpaired) electrons. The van der Waals surface area contributed by atoms with E-state index in [9.17, 15) is 5.11 Å². The van der Waals surface area contributed by atoms with Gasteiger partial charge in [0, 0.05) is 0 Å². The number of hydrogen-bond donors (Lipinski definition) is 1. The lowest BCUT2D eigenvalue weighted by atomic mass is 10.2. The zero-order valence-corrected chi connectivity index (χ0v) is 17.3. The molecule has 5 nitrogen and oxygen atoms in total. The summed E-state index contributed by atoms with van der Waals surface area (Å²) in [6.45, 7) is 4.93. The van der Waals surface area contributed by atoms with Crippen LogP contribution in [0.25, 0.3) is 11.0 Å². The van der Waals surface area contributed by atoms with Crippen LogP contribution in [0.1, 0.15) is 17.0 Å². The number of aromatic nitrogens is 2. The molecule has 30 heavy (non-hydrogen) atoms. The van der Waals surface area contributed by atoms with Crippen molar-refractivity contribution in [2.45, 2.75) is 33.1 Å². The molecule has 1 atom stereocenters. The molecule has 0 unspecified atom stereocenters. The predicted molar refractivity (Wildman–Crippen MR) is 118 cm³/mol. The summed E-state index contributed by atoms with van der Waals surface area (Å²) in [5, 5.41) is 10.7. The van der Waals surface area contributed by atoms with E-state index in [2.05, 4.69) is 0 Å². The van der Waals surface area contributed by atoms with Gasteiger partial charge in [0.1, 0.15) is 36.6 Å². The molecular formula is C25H26N2O3. The second-order valence-corrected chi connectivity index (χ2v) is 7.46. The van der Waals surface area contributed by atoms with Gasteiger partial charge in [-0.05, 0) is 55.3 Å². The first-order valence-electron chi connectivity index (χ1n) is 10.1. The highest BCUT2D eigenvalue weighted by Crippen LogP contribution is 2.21. The molecule has 0 aliphatic rings. The van der Waals surface area contributed by atoms with E-state index in [0.717, 1.165) is 39.5 Å². The molecule has 0 amide bonds. The standard InChI is InChI=1S/C25H26N2O3/c1-18-8-7-10-21(14-18)29-16-20(28)15-27-23-12-5-4-11-22(23)26-25(27)17-30-24-13-6-3-9-19(24)2/h3-14,20,28H,15-17H2,1-2H3/t20-/m0/s1. The van der Waals surface area contributed by atoms with Crippen LogP contribution in [0.15, 0.2) is 72.8 Å². The van der Waals surface area contributed by atoms with Crippen LogP contribution in [-0.2, 0) is 13.2 Å². The smallest absolute Gasteiger partial charge is 0.148 e. The third-order valence-electron chi connectivity index (χ3n) is 5.01. The molecule has 1 N–H and O–H groups in total. The van der Waals surface area contributed by atoms with Gasteiger partial charge in [-0.1, -0.05) is 42.5 Å². The normalized spacial score (nSPS) is 12.1. The van der Waals surface area contributed by atoms with Crippen LogP contribution in [0, 0.1) is 13.8 Å². The number of aliphatic hydroxyl groups is 1. The van der Waals surface area contributed by atoms with Crippen molar-refractivity contribution in [1.82, 2.24) is 9.55 Å². The molecule has 0 fully saturated rings. The third kappa shape index (κ3) is 4.63. The van der Waals surface area contributed by atoms with Crippen molar-refractivity contribution in [1.29, 1.82) is 0 Å². The summed E-state index contributed by atoms with van der Waals surface area (Å²) in [5.74, 6) is 2.36. The van der Waals surface area contributed by atoms with Crippen LogP contribution in [0.2, 0.25) is 0 Å². The predicted octanol–water partition coefficient (Wildman–Crippen LogP) is 4.67. The number of aliphatic hydroxyl groups excluding tert-OH is 1. The molecule has 1 heterocycles. The number of fused-ring (bicyclic) bond motifs is 1. The molecule has 4 aromatic rings. The van der Waals surface area contributed by atoms with Crippen molar-refractivity contribution in [3.8, 4) is 11.5 Å². The Kier molecular flexibility index (Phi) is 6.00. The fraction of sp³-hybridized carbons (Fsp3) is 0.240. The fourth-order valence-electron chi connectivity index (χ4n) is 3.46. The molecule has 0 aliphatic heterocycles. The van der Waals surface area contributed by atoms with Gasteiger partial charge >= 0.3 is 0 Å². The van der Waals surface area contributed by atoms with Crippen molar-refractivity contribution < 1.29 is 14.6 Å². The van der Waals surface area contributed by atoms with E-state index < -0.39 is 6.10 Å². The van der Waals surface area contributed by atoms with Gasteiger partial charge in [0.2, 0.25) is 0 Å². The number of rotatable bonds is 8. The number of nitrogens with zero attached hydrogens (tertiary/aromatic N) is 2. The highest BCUT2D eigenvalue weighted by Gasteiger charge is 2.15. The Balaban J connectivity index is 1.50. The first-order valence-corrected chi connectivity index (χ1v) is 10.1. The van der Waals surface area contributed by atoms with E-state index in [4.69, 9.17) is 14.5 Å². The minimum Gasteiger partial charge on any atom is -0.491 e. The highest BCUT2D eigenvalue weighted by molar-refractivity contribution is 5.75. The van der Waals surface area contributed by atoms with Gasteiger partial charge in [0.15, 0.2) is 0 Å². The lowest BCUT2D eigenvalue weighted by molar-refractivity contribution is 0.0917. The largest absolute Gasteiger partial charge is 0.491 e. The summed E-state index contributed by atoms with van der Waals surface area (Å²) in [4.78, 5) is 4.73. The van der Waals surface area contributed by atoms with Crippen LogP contribution >= 0.6 is 0 Å². The Morgan fingerprint density at radius 3 is 2.57 bits per heavy atom. The van der Waals surface area contributed by atoms with Crippen LogP contribution in [0.4, 0.5) is 0 Å². The molecule has 154 valence electrons. The minimum atomic E-state index is -0.680. The molecule has 0 aliphatic carbocycles. The maximum absolute atomic E-state index is 10.7. The van der Waals surface area contributed by atoms with Crippen LogP contribution in [0.5, 0.6) is 11.5 Å². The summed E-state index contributed by atoms with van der Waals surface area (Å²) in [6, 6.07) is 23.6. The zero-order chi connectivity index (χ0) is 20.9. The summed E-state index contributed by atoms with van der Waals surface area (Å²) in [7, 11) is 0. The van der Waals surface area contributed by atoms with Gasteiger partial charge in [-0.3, -0.25) is 0 Å². The van der Waals surface area contributed by atoms with Crippen molar-refractivity contribution in [3.05, 3.63) is 89.7 Å². The minimum absolute atomic E-state index is 0.202. The molecular weight excluding hydrogens is 376 g/mol. The van der Waals surface area contributed by atoms with E-state index in [1.165, 1.54) is 0 Å². The second-order valence-electron chi connectivity index (χ2n) is 7.46. The Morgan fingerprint density at radius 2 is 1.73 bits per heavy atom. The SMILES string of the molecule is Cc1cccc(OC[C@@H](O)Cn2c(COc3ccccc3C)nc3ccccc32)c1. The molecule has 0 saturated heterocycles. The quantitative estimate of drug-likeness (QED) is 0.465. The Bertz CT molecular complexity index is 1140. The van der Waals surface area contributed by atoms with Gasteiger partial charge in [-0.25, -0.2) is 4.98 Å². The Morgan fingerprint density at radius 1 is 0.933 bits per heavy atom. The van der Waals surface area contributed by atoms with Gasteiger partial charge in [0.05, 0.1) is 17.6 Å². The number of imidazole rings is 1. The van der Waals surface area contributed by atoms with Gasteiger partial charge in [-0.2, -0.15) is 0 Å². The second kappa shape index (κ2) is 9.01. The summed E-state index contributed by atoms with van der Waals surface area (Å²) in [6.07, 6.45) is -0.680. The highest BCUT2D eigenvalue weighted by atomic mass is 16.5. The third-order valence-corrected chi connectivity index (χ3v) is 5.01. The fourth-order valence-corrected chi connectivity index (χ4v) is 3.46. The van der Waals surface area contributed by atoms with Gasteiger partial charge < -0.3 is 19.1 Å². The summed E-state index contributed by atoms with van der Waals surface area (Å²) >= 11 is 0. The summed E-state index contributed by atoms with van der Waals surface area (Å²) < 4.78 is 13.8. The molecule has 5 heteroatoms. The zero-order valence-electron chi connectivity index (χ0n) is 17.3. The van der Waals surface area contributed by atoms with Crippen LogP contribution in [-0.4, -0.2) is 27.4 Å². The molecule has 1 aromatic heterocycles. The first-order chi connectivity index (χ1) is 14.6. The molecule has 4 rings (SSSR count). The number of benzene rings is 3. The van der Waals surface area contributed by atoms with Crippen molar-refractivity contribution in [3.63, 3.8) is 0 Å². The van der Waals surface area contributed by atoms with Crippen molar-refractivity contribution in [2.75, 3.05) is 6.61 Å². The van der Waals surface area contributed by atoms with E-state index in [0.29, 0.717) is 13.2 Å². The van der Waals surface area contributed by atoms with E-state index >= 15 is 0 Å². The number of ether oxygens (including phenoxy) is 2. The Labute approximate surface area is 176 Å². The lowest BCUT2D eigenvalue weighted by Gasteiger charge is -2.16. The number of hydrogen-bond acceptors (Lipinski definition) is 4. The number of aryl methyl sites for hydroxylation is 2. The maximum Gasteiger partial charge on any atom is 0.148 e. The molecule has 0 saturated carbocycles. The van der Waals surface area contributed by atoms with E-state index in [-0.39, 0.29) is 6.61 Å². The maximum atomic E-state index is 10.7.